The number of hydrogen-bond acceptors (Lipinski definition) is 8. The number of pyridine rings is 1. The van der Waals surface area contributed by atoms with Crippen LogP contribution in [0.3, 0.4) is 0 Å². The molecular formula is C27H26ClF3N8O2. The van der Waals surface area contributed by atoms with Gasteiger partial charge in [0, 0.05) is 29.8 Å². The lowest BCUT2D eigenvalue weighted by Crippen LogP contribution is -2.34. The fourth-order valence-corrected chi connectivity index (χ4v) is 4.48. The fourth-order valence-electron chi connectivity index (χ4n) is 4.32. The van der Waals surface area contributed by atoms with Gasteiger partial charge in [-0.25, -0.2) is 23.1 Å². The van der Waals surface area contributed by atoms with Crippen molar-refractivity contribution in [1.82, 2.24) is 25.7 Å². The number of amides is 2. The lowest BCUT2D eigenvalue weighted by atomic mass is 10.0. The Labute approximate surface area is 238 Å². The molecule has 3 N–H and O–H groups in total. The molecule has 0 saturated carbocycles. The molecule has 1 aliphatic heterocycles. The standard InChI is InChI=1S/C27H26ClF3N8O2/c1-13-6-7-39(27(13)41)25-14(2)8-16(10-34-25)11-35-38-20(9-32)37-26(40)23-15(3)33-12-19(36-23)21-17(24(30)31)4-5-18(28)22(21)29/h4-5,8-10,12-13,24,32,35H,6-7,11H2,1-3H3,(H,37,38,40)/t13-/m1/s1. The highest BCUT2D eigenvalue weighted by molar-refractivity contribution is 6.32. The third-order valence-corrected chi connectivity index (χ3v) is 6.78. The summed E-state index contributed by atoms with van der Waals surface area (Å²) in [6.45, 7) is 6.02. The van der Waals surface area contributed by atoms with Crippen LogP contribution >= 0.6 is 11.6 Å². The van der Waals surface area contributed by atoms with Gasteiger partial charge in [0.2, 0.25) is 5.91 Å². The van der Waals surface area contributed by atoms with E-state index in [1.807, 2.05) is 19.9 Å². The van der Waals surface area contributed by atoms with Crippen LogP contribution in [0.2, 0.25) is 5.02 Å². The van der Waals surface area contributed by atoms with Gasteiger partial charge in [0.15, 0.2) is 11.7 Å². The van der Waals surface area contributed by atoms with Gasteiger partial charge in [0.05, 0.1) is 35.4 Å². The SMILES string of the molecule is Cc1cc(CN/N=C(\C=N)NC(=O)c2nc(-c3c(C(F)F)ccc(Cl)c3F)cnc2C)cnc1N1CC[C@@H](C)C1=O. The second-order valence-electron chi connectivity index (χ2n) is 9.41. The van der Waals surface area contributed by atoms with Crippen LogP contribution in [-0.2, 0) is 11.3 Å². The Morgan fingerprint density at radius 2 is 2.05 bits per heavy atom. The van der Waals surface area contributed by atoms with Crippen molar-refractivity contribution >= 4 is 41.3 Å². The van der Waals surface area contributed by atoms with Gasteiger partial charge in [0.25, 0.3) is 12.3 Å². The van der Waals surface area contributed by atoms with E-state index in [1.54, 1.807) is 11.1 Å². The maximum absolute atomic E-state index is 14.7. The smallest absolute Gasteiger partial charge is 0.277 e. The van der Waals surface area contributed by atoms with Crippen LogP contribution in [0.1, 0.15) is 52.6 Å². The highest BCUT2D eigenvalue weighted by Crippen LogP contribution is 2.35. The van der Waals surface area contributed by atoms with Crippen molar-refractivity contribution < 1.29 is 22.8 Å². The molecule has 2 aromatic heterocycles. The Hall–Kier alpha value is -4.39. The summed E-state index contributed by atoms with van der Waals surface area (Å²) in [7, 11) is 0. The highest BCUT2D eigenvalue weighted by Gasteiger charge is 2.30. The zero-order chi connectivity index (χ0) is 29.8. The number of alkyl halides is 2. The van der Waals surface area contributed by atoms with E-state index in [2.05, 4.69) is 30.8 Å². The first-order chi connectivity index (χ1) is 19.5. The molecule has 0 radical (unpaired) electrons. The summed E-state index contributed by atoms with van der Waals surface area (Å²) in [5.41, 5.74) is 2.65. The van der Waals surface area contributed by atoms with Gasteiger partial charge in [-0.2, -0.15) is 5.10 Å². The summed E-state index contributed by atoms with van der Waals surface area (Å²) in [6, 6.07) is 3.85. The first-order valence-corrected chi connectivity index (χ1v) is 12.9. The summed E-state index contributed by atoms with van der Waals surface area (Å²) in [4.78, 5) is 39.5. The molecule has 0 bridgehead atoms. The van der Waals surface area contributed by atoms with Crippen molar-refractivity contribution in [2.24, 2.45) is 11.0 Å². The topological polar surface area (TPSA) is 136 Å². The lowest BCUT2D eigenvalue weighted by molar-refractivity contribution is -0.119. The van der Waals surface area contributed by atoms with Crippen LogP contribution in [0, 0.1) is 31.0 Å². The maximum Gasteiger partial charge on any atom is 0.277 e. The van der Waals surface area contributed by atoms with Crippen LogP contribution in [0.5, 0.6) is 0 Å². The van der Waals surface area contributed by atoms with Gasteiger partial charge >= 0.3 is 0 Å². The Bertz CT molecular complexity index is 1550. The second-order valence-corrected chi connectivity index (χ2v) is 9.82. The minimum atomic E-state index is -3.03. The van der Waals surface area contributed by atoms with Gasteiger partial charge < -0.3 is 16.2 Å². The van der Waals surface area contributed by atoms with Crippen molar-refractivity contribution in [3.63, 3.8) is 0 Å². The summed E-state index contributed by atoms with van der Waals surface area (Å²) in [6.07, 6.45) is 1.22. The number of amidine groups is 1. The number of aryl methyl sites for hydroxylation is 2. The average molecular weight is 587 g/mol. The molecule has 1 saturated heterocycles. The van der Waals surface area contributed by atoms with E-state index in [-0.39, 0.29) is 46.3 Å². The number of carbonyl (C=O) groups excluding carboxylic acids is 2. The molecule has 0 unspecified atom stereocenters. The van der Waals surface area contributed by atoms with Crippen LogP contribution in [0.4, 0.5) is 19.0 Å². The molecule has 2 amide bonds. The Balaban J connectivity index is 1.48. The monoisotopic (exact) mass is 586 g/mol. The zero-order valence-electron chi connectivity index (χ0n) is 22.3. The van der Waals surface area contributed by atoms with Crippen molar-refractivity contribution in [2.75, 3.05) is 11.4 Å². The minimum Gasteiger partial charge on any atom is -0.305 e. The van der Waals surface area contributed by atoms with Crippen LogP contribution in [0.15, 0.2) is 35.7 Å². The van der Waals surface area contributed by atoms with Gasteiger partial charge in [-0.1, -0.05) is 24.6 Å². The van der Waals surface area contributed by atoms with Crippen molar-refractivity contribution in [1.29, 1.82) is 5.41 Å². The Morgan fingerprint density at radius 3 is 2.68 bits per heavy atom. The molecule has 1 atom stereocenters. The number of aromatic nitrogens is 3. The van der Waals surface area contributed by atoms with Crippen LogP contribution < -0.4 is 15.6 Å². The molecule has 0 spiro atoms. The summed E-state index contributed by atoms with van der Waals surface area (Å²) in [5.74, 6) is -1.52. The number of nitrogens with zero attached hydrogens (tertiary/aromatic N) is 5. The normalized spacial score (nSPS) is 15.4. The number of benzene rings is 1. The zero-order valence-corrected chi connectivity index (χ0v) is 23.1. The quantitative estimate of drug-likeness (QED) is 0.198. The second kappa shape index (κ2) is 12.4. The van der Waals surface area contributed by atoms with E-state index in [9.17, 15) is 22.8 Å². The molecule has 10 nitrogen and oxygen atoms in total. The number of rotatable bonds is 8. The average Bonchev–Trinajstić information content (AvgIpc) is 3.27. The predicted molar refractivity (Wildman–Crippen MR) is 148 cm³/mol. The van der Waals surface area contributed by atoms with Crippen LogP contribution in [0.25, 0.3) is 11.3 Å². The minimum absolute atomic E-state index is 0.0352. The number of carbonyl (C=O) groups is 2. The van der Waals surface area contributed by atoms with Gasteiger partial charge in [-0.05, 0) is 43.5 Å². The first kappa shape index (κ1) is 29.6. The fraction of sp³-hybridized carbons (Fsp3) is 0.296. The van der Waals surface area contributed by atoms with Gasteiger partial charge in [-0.15, -0.1) is 0 Å². The van der Waals surface area contributed by atoms with E-state index in [0.717, 1.165) is 42.1 Å². The maximum atomic E-state index is 14.7. The van der Waals surface area contributed by atoms with Crippen molar-refractivity contribution in [2.45, 2.75) is 40.2 Å². The number of hydrazone groups is 1. The largest absolute Gasteiger partial charge is 0.305 e. The third-order valence-electron chi connectivity index (χ3n) is 6.49. The molecule has 1 aromatic carbocycles. The summed E-state index contributed by atoms with van der Waals surface area (Å²) >= 11 is 5.80. The van der Waals surface area contributed by atoms with Crippen LogP contribution in [-0.4, -0.2) is 45.4 Å². The summed E-state index contributed by atoms with van der Waals surface area (Å²) < 4.78 is 41.9. The first-order valence-electron chi connectivity index (χ1n) is 12.5. The molecule has 14 heteroatoms. The van der Waals surface area contributed by atoms with Gasteiger partial charge in [0.1, 0.15) is 11.5 Å². The highest BCUT2D eigenvalue weighted by atomic mass is 35.5. The molecule has 0 aliphatic carbocycles. The van der Waals surface area contributed by atoms with E-state index in [1.165, 1.54) is 6.92 Å². The molecule has 3 aromatic rings. The number of halogens is 4. The molecular weight excluding hydrogens is 561 g/mol. The van der Waals surface area contributed by atoms with E-state index in [0.29, 0.717) is 12.4 Å². The van der Waals surface area contributed by atoms with Crippen molar-refractivity contribution in [3.05, 3.63) is 69.5 Å². The Morgan fingerprint density at radius 1 is 1.29 bits per heavy atom. The number of nitrogens with one attached hydrogen (secondary N) is 3. The number of hydrogen-bond donors (Lipinski definition) is 3. The molecule has 1 aliphatic rings. The van der Waals surface area contributed by atoms with Crippen molar-refractivity contribution in [3.8, 4) is 11.3 Å². The van der Waals surface area contributed by atoms with E-state index in [4.69, 9.17) is 17.0 Å². The van der Waals surface area contributed by atoms with Gasteiger partial charge in [-0.3, -0.25) is 19.5 Å². The Kier molecular flexibility index (Phi) is 8.96. The summed E-state index contributed by atoms with van der Waals surface area (Å²) in [5, 5.41) is 13.6. The predicted octanol–water partition coefficient (Wildman–Crippen LogP) is 4.74. The molecule has 3 heterocycles. The molecule has 41 heavy (non-hydrogen) atoms. The third kappa shape index (κ3) is 6.35. The molecule has 1 fully saturated rings. The van der Waals surface area contributed by atoms with E-state index >= 15 is 0 Å². The molecule has 4 rings (SSSR count). The lowest BCUT2D eigenvalue weighted by Gasteiger charge is -2.18. The number of anilines is 1. The van der Waals surface area contributed by atoms with E-state index < -0.39 is 29.3 Å². The molecule has 214 valence electrons.